The third kappa shape index (κ3) is 4.40. The van der Waals surface area contributed by atoms with Crippen molar-refractivity contribution in [3.05, 3.63) is 47.8 Å². The summed E-state index contributed by atoms with van der Waals surface area (Å²) in [4.78, 5) is 8.70. The van der Waals surface area contributed by atoms with Crippen LogP contribution in [0.4, 0.5) is 11.6 Å². The molecule has 1 heterocycles. The molecule has 0 aliphatic heterocycles. The van der Waals surface area contributed by atoms with Gasteiger partial charge in [0, 0.05) is 18.7 Å². The Hall–Kier alpha value is -2.18. The summed E-state index contributed by atoms with van der Waals surface area (Å²) >= 11 is 0. The van der Waals surface area contributed by atoms with E-state index in [9.17, 15) is 0 Å². The summed E-state index contributed by atoms with van der Waals surface area (Å²) in [5.41, 5.74) is 3.74. The fourth-order valence-electron chi connectivity index (χ4n) is 1.95. The number of nitrogens with two attached hydrogens (primary N) is 1. The Kier molecular flexibility index (Phi) is 5.48. The fraction of sp³-hybridized carbons (Fsp3) is 0.333. The van der Waals surface area contributed by atoms with E-state index in [-0.39, 0.29) is 6.04 Å². The van der Waals surface area contributed by atoms with E-state index in [0.29, 0.717) is 30.7 Å². The zero-order valence-corrected chi connectivity index (χ0v) is 12.3. The number of nitrogens with zero attached hydrogens (tertiary/aromatic N) is 2. The highest BCUT2D eigenvalue weighted by molar-refractivity contribution is 5.48. The molecule has 2 aromatic rings. The maximum atomic E-state index is 5.45. The van der Waals surface area contributed by atoms with Gasteiger partial charge in [0.1, 0.15) is 18.2 Å². The van der Waals surface area contributed by atoms with Gasteiger partial charge in [0.25, 0.3) is 0 Å². The maximum Gasteiger partial charge on any atom is 0.158 e. The number of hydrazine groups is 1. The van der Waals surface area contributed by atoms with Crippen molar-refractivity contribution in [3.63, 3.8) is 0 Å². The molecule has 0 bridgehead atoms. The summed E-state index contributed by atoms with van der Waals surface area (Å²) in [6.07, 6.45) is 0. The molecule has 0 spiro atoms. The standard InChI is InChI=1S/C15H21N5O/c1-3-21-10-15-18-13(9-14(19-15)20-16)17-11(2)12-7-5-4-6-8-12/h4-9,11H,3,10,16H2,1-2H3,(H2,17,18,19,20). The van der Waals surface area contributed by atoms with E-state index in [1.807, 2.05) is 25.1 Å². The summed E-state index contributed by atoms with van der Waals surface area (Å²) in [5, 5.41) is 3.35. The highest BCUT2D eigenvalue weighted by atomic mass is 16.5. The second-order valence-corrected chi connectivity index (χ2v) is 4.61. The van der Waals surface area contributed by atoms with Crippen molar-refractivity contribution in [2.45, 2.75) is 26.5 Å². The van der Waals surface area contributed by atoms with Gasteiger partial charge >= 0.3 is 0 Å². The van der Waals surface area contributed by atoms with Crippen molar-refractivity contribution >= 4 is 11.6 Å². The van der Waals surface area contributed by atoms with E-state index in [0.717, 1.165) is 0 Å². The van der Waals surface area contributed by atoms with Crippen LogP contribution < -0.4 is 16.6 Å². The highest BCUT2D eigenvalue weighted by Gasteiger charge is 2.08. The maximum absolute atomic E-state index is 5.45. The van der Waals surface area contributed by atoms with Crippen molar-refractivity contribution < 1.29 is 4.74 Å². The Morgan fingerprint density at radius 1 is 1.19 bits per heavy atom. The third-order valence-electron chi connectivity index (χ3n) is 3.02. The van der Waals surface area contributed by atoms with Crippen LogP contribution in [0.2, 0.25) is 0 Å². The molecule has 0 aliphatic rings. The zero-order valence-electron chi connectivity index (χ0n) is 12.3. The van der Waals surface area contributed by atoms with Gasteiger partial charge in [-0.2, -0.15) is 0 Å². The molecule has 1 aromatic carbocycles. The number of hydrogen-bond acceptors (Lipinski definition) is 6. The van der Waals surface area contributed by atoms with Crippen LogP contribution in [0.25, 0.3) is 0 Å². The minimum Gasteiger partial charge on any atom is -0.374 e. The molecule has 0 fully saturated rings. The van der Waals surface area contributed by atoms with Gasteiger partial charge in [-0.05, 0) is 19.4 Å². The van der Waals surface area contributed by atoms with Gasteiger partial charge in [-0.25, -0.2) is 15.8 Å². The molecule has 6 heteroatoms. The summed E-state index contributed by atoms with van der Waals surface area (Å²) in [6, 6.07) is 12.1. The van der Waals surface area contributed by atoms with Crippen LogP contribution in [-0.2, 0) is 11.3 Å². The normalized spacial score (nSPS) is 12.0. The number of ether oxygens (including phenoxy) is 1. The predicted octanol–water partition coefficient (Wildman–Crippen LogP) is 2.47. The number of anilines is 2. The molecule has 1 unspecified atom stereocenters. The van der Waals surface area contributed by atoms with E-state index in [1.54, 1.807) is 6.07 Å². The Morgan fingerprint density at radius 2 is 1.90 bits per heavy atom. The molecular formula is C15H21N5O. The average Bonchev–Trinajstić information content (AvgIpc) is 2.53. The first-order valence-corrected chi connectivity index (χ1v) is 6.96. The highest BCUT2D eigenvalue weighted by Crippen LogP contribution is 2.19. The molecule has 2 rings (SSSR count). The second kappa shape index (κ2) is 7.56. The molecule has 112 valence electrons. The van der Waals surface area contributed by atoms with Gasteiger partial charge in [0.05, 0.1) is 0 Å². The molecule has 0 amide bonds. The largest absolute Gasteiger partial charge is 0.374 e. The smallest absolute Gasteiger partial charge is 0.158 e. The molecule has 0 radical (unpaired) electrons. The predicted molar refractivity (Wildman–Crippen MR) is 83.7 cm³/mol. The van der Waals surface area contributed by atoms with Crippen molar-refractivity contribution in [1.82, 2.24) is 9.97 Å². The SMILES string of the molecule is CCOCc1nc(NN)cc(NC(C)c2ccccc2)n1. The van der Waals surface area contributed by atoms with E-state index in [1.165, 1.54) is 5.56 Å². The van der Waals surface area contributed by atoms with Crippen LogP contribution >= 0.6 is 0 Å². The monoisotopic (exact) mass is 287 g/mol. The van der Waals surface area contributed by atoms with Crippen LogP contribution in [0, 0.1) is 0 Å². The number of nitrogen functional groups attached to an aromatic ring is 1. The molecule has 1 atom stereocenters. The number of hydrogen-bond donors (Lipinski definition) is 3. The van der Waals surface area contributed by atoms with Crippen LogP contribution in [0.5, 0.6) is 0 Å². The lowest BCUT2D eigenvalue weighted by Gasteiger charge is -2.16. The van der Waals surface area contributed by atoms with Crippen LogP contribution in [-0.4, -0.2) is 16.6 Å². The van der Waals surface area contributed by atoms with Crippen LogP contribution in [0.1, 0.15) is 31.3 Å². The molecule has 21 heavy (non-hydrogen) atoms. The Balaban J connectivity index is 2.14. The van der Waals surface area contributed by atoms with E-state index in [2.05, 4.69) is 39.8 Å². The summed E-state index contributed by atoms with van der Waals surface area (Å²) < 4.78 is 5.34. The van der Waals surface area contributed by atoms with Gasteiger partial charge in [0.15, 0.2) is 5.82 Å². The lowest BCUT2D eigenvalue weighted by molar-refractivity contribution is 0.128. The van der Waals surface area contributed by atoms with Gasteiger partial charge in [0.2, 0.25) is 0 Å². The Morgan fingerprint density at radius 3 is 2.57 bits per heavy atom. The van der Waals surface area contributed by atoms with Crippen molar-refractivity contribution in [2.75, 3.05) is 17.3 Å². The van der Waals surface area contributed by atoms with Gasteiger partial charge in [-0.3, -0.25) is 0 Å². The van der Waals surface area contributed by atoms with Gasteiger partial charge < -0.3 is 15.5 Å². The van der Waals surface area contributed by atoms with Crippen molar-refractivity contribution in [3.8, 4) is 0 Å². The second-order valence-electron chi connectivity index (χ2n) is 4.61. The molecule has 0 saturated carbocycles. The van der Waals surface area contributed by atoms with Crippen molar-refractivity contribution in [2.24, 2.45) is 5.84 Å². The first-order valence-electron chi connectivity index (χ1n) is 6.96. The molecule has 4 N–H and O–H groups in total. The quantitative estimate of drug-likeness (QED) is 0.536. The van der Waals surface area contributed by atoms with E-state index >= 15 is 0 Å². The number of benzene rings is 1. The topological polar surface area (TPSA) is 85.1 Å². The van der Waals surface area contributed by atoms with Crippen molar-refractivity contribution in [1.29, 1.82) is 0 Å². The molecule has 0 aliphatic carbocycles. The number of nitrogens with one attached hydrogen (secondary N) is 2. The average molecular weight is 287 g/mol. The summed E-state index contributed by atoms with van der Waals surface area (Å²) in [6.45, 7) is 4.99. The summed E-state index contributed by atoms with van der Waals surface area (Å²) in [5.74, 6) is 7.31. The minimum absolute atomic E-state index is 0.131. The van der Waals surface area contributed by atoms with E-state index in [4.69, 9.17) is 10.6 Å². The molecular weight excluding hydrogens is 266 g/mol. The minimum atomic E-state index is 0.131. The number of rotatable bonds is 7. The van der Waals surface area contributed by atoms with E-state index < -0.39 is 0 Å². The zero-order chi connectivity index (χ0) is 15.1. The molecule has 6 nitrogen and oxygen atoms in total. The lowest BCUT2D eigenvalue weighted by atomic mass is 10.1. The third-order valence-corrected chi connectivity index (χ3v) is 3.02. The van der Waals surface area contributed by atoms with Crippen LogP contribution in [0.3, 0.4) is 0 Å². The molecule has 1 aromatic heterocycles. The van der Waals surface area contributed by atoms with Gasteiger partial charge in [-0.15, -0.1) is 0 Å². The molecule has 0 saturated heterocycles. The number of aromatic nitrogens is 2. The van der Waals surface area contributed by atoms with Crippen LogP contribution in [0.15, 0.2) is 36.4 Å². The van der Waals surface area contributed by atoms with Gasteiger partial charge in [-0.1, -0.05) is 30.3 Å². The first-order chi connectivity index (χ1) is 10.2. The fourth-order valence-corrected chi connectivity index (χ4v) is 1.95. The Labute approximate surface area is 124 Å². The first kappa shape index (κ1) is 15.2. The Bertz CT molecular complexity index is 561. The lowest BCUT2D eigenvalue weighted by Crippen LogP contribution is -2.14. The summed E-state index contributed by atoms with van der Waals surface area (Å²) in [7, 11) is 0.